The van der Waals surface area contributed by atoms with Gasteiger partial charge in [0.1, 0.15) is 4.90 Å². The number of sulfonamides is 1. The fourth-order valence-electron chi connectivity index (χ4n) is 3.82. The molecule has 2 aliphatic rings. The number of hydrogen-bond acceptors (Lipinski definition) is 3. The summed E-state index contributed by atoms with van der Waals surface area (Å²) in [5.74, 6) is -0.110. The molecular formula is C19H27ClN2O3S. The number of piperidine rings is 1. The third kappa shape index (κ3) is 4.07. The van der Waals surface area contributed by atoms with Crippen LogP contribution in [0.25, 0.3) is 0 Å². The van der Waals surface area contributed by atoms with Crippen molar-refractivity contribution in [2.24, 2.45) is 0 Å². The second kappa shape index (κ2) is 8.28. The maximum Gasteiger partial charge on any atom is 0.254 e. The first-order valence-corrected chi connectivity index (χ1v) is 11.3. The molecule has 1 aromatic rings. The minimum atomic E-state index is -3.69. The summed E-state index contributed by atoms with van der Waals surface area (Å²) in [6, 6.07) is 4.81. The number of likely N-dealkylation sites (tertiary alicyclic amines) is 1. The largest absolute Gasteiger partial charge is 0.336 e. The van der Waals surface area contributed by atoms with E-state index in [0.29, 0.717) is 18.7 Å². The van der Waals surface area contributed by atoms with Crippen molar-refractivity contribution < 1.29 is 13.2 Å². The molecule has 0 radical (unpaired) electrons. The highest BCUT2D eigenvalue weighted by atomic mass is 35.5. The molecule has 2 aliphatic heterocycles. The summed E-state index contributed by atoms with van der Waals surface area (Å²) in [6.07, 6.45) is 6.92. The molecule has 0 bridgehead atoms. The number of carbonyl (C=O) groups is 1. The maximum atomic E-state index is 13.1. The Balaban J connectivity index is 1.90. The molecule has 0 N–H and O–H groups in total. The van der Waals surface area contributed by atoms with Crippen molar-refractivity contribution >= 4 is 27.5 Å². The molecular weight excluding hydrogens is 372 g/mol. The lowest BCUT2D eigenvalue weighted by Gasteiger charge is -2.33. The Morgan fingerprint density at radius 1 is 1.04 bits per heavy atom. The standard InChI is InChI=1S/C19H27ClN2O3S/c1-15-8-4-7-13-22(15)19(23)16-9-10-17(20)18(14-16)26(24,25)21-11-5-2-3-6-12-21/h9-10,14-15H,2-8,11-13H2,1H3/t15-/m0/s1. The number of halogens is 1. The minimum Gasteiger partial charge on any atom is -0.336 e. The monoisotopic (exact) mass is 398 g/mol. The molecule has 2 heterocycles. The fraction of sp³-hybridized carbons (Fsp3) is 0.632. The Kier molecular flexibility index (Phi) is 6.25. The van der Waals surface area contributed by atoms with Crippen LogP contribution in [0.5, 0.6) is 0 Å². The zero-order valence-electron chi connectivity index (χ0n) is 15.3. The van der Waals surface area contributed by atoms with E-state index < -0.39 is 10.0 Å². The number of benzene rings is 1. The molecule has 26 heavy (non-hydrogen) atoms. The highest BCUT2D eigenvalue weighted by Crippen LogP contribution is 2.29. The highest BCUT2D eigenvalue weighted by Gasteiger charge is 2.30. The summed E-state index contributed by atoms with van der Waals surface area (Å²) >= 11 is 6.23. The number of amides is 1. The Bertz CT molecular complexity index is 758. The van der Waals surface area contributed by atoms with E-state index in [4.69, 9.17) is 11.6 Å². The highest BCUT2D eigenvalue weighted by molar-refractivity contribution is 7.89. The average molecular weight is 399 g/mol. The van der Waals surface area contributed by atoms with Gasteiger partial charge in [-0.3, -0.25) is 4.79 Å². The van der Waals surface area contributed by atoms with Gasteiger partial charge in [-0.25, -0.2) is 8.42 Å². The van der Waals surface area contributed by atoms with Crippen LogP contribution in [0.4, 0.5) is 0 Å². The quantitative estimate of drug-likeness (QED) is 0.775. The lowest BCUT2D eigenvalue weighted by Crippen LogP contribution is -2.42. The predicted octanol–water partition coefficient (Wildman–Crippen LogP) is 3.92. The first-order valence-electron chi connectivity index (χ1n) is 9.52. The smallest absolute Gasteiger partial charge is 0.254 e. The van der Waals surface area contributed by atoms with E-state index in [1.54, 1.807) is 6.07 Å². The Hall–Kier alpha value is -1.11. The van der Waals surface area contributed by atoms with E-state index in [1.165, 1.54) is 16.4 Å². The van der Waals surface area contributed by atoms with Crippen molar-refractivity contribution in [1.29, 1.82) is 0 Å². The van der Waals surface area contributed by atoms with Gasteiger partial charge in [0.2, 0.25) is 10.0 Å². The zero-order chi connectivity index (χ0) is 18.7. The SMILES string of the molecule is C[C@H]1CCCCN1C(=O)c1ccc(Cl)c(S(=O)(=O)N2CCCCCC2)c1. The fourth-order valence-corrected chi connectivity index (χ4v) is 5.84. The van der Waals surface area contributed by atoms with Gasteiger partial charge < -0.3 is 4.90 Å². The molecule has 1 aromatic carbocycles. The molecule has 144 valence electrons. The van der Waals surface area contributed by atoms with Gasteiger partial charge >= 0.3 is 0 Å². The van der Waals surface area contributed by atoms with Crippen LogP contribution in [-0.2, 0) is 10.0 Å². The zero-order valence-corrected chi connectivity index (χ0v) is 16.9. The molecule has 2 saturated heterocycles. The molecule has 0 aliphatic carbocycles. The van der Waals surface area contributed by atoms with Gasteiger partial charge in [-0.05, 0) is 57.2 Å². The molecule has 2 fully saturated rings. The normalized spacial score (nSPS) is 22.8. The minimum absolute atomic E-state index is 0.0524. The molecule has 0 unspecified atom stereocenters. The second-order valence-corrected chi connectivity index (χ2v) is 9.62. The first kappa shape index (κ1) is 19.6. The van der Waals surface area contributed by atoms with Crippen molar-refractivity contribution in [1.82, 2.24) is 9.21 Å². The van der Waals surface area contributed by atoms with E-state index in [0.717, 1.165) is 51.5 Å². The summed E-state index contributed by atoms with van der Waals surface area (Å²) in [5.41, 5.74) is 0.400. The third-order valence-electron chi connectivity index (χ3n) is 5.42. The van der Waals surface area contributed by atoms with Crippen LogP contribution in [0.2, 0.25) is 5.02 Å². The van der Waals surface area contributed by atoms with Gasteiger partial charge in [0.05, 0.1) is 5.02 Å². The molecule has 0 saturated carbocycles. The average Bonchev–Trinajstić information content (AvgIpc) is 2.92. The van der Waals surface area contributed by atoms with Gasteiger partial charge in [-0.2, -0.15) is 4.31 Å². The molecule has 3 rings (SSSR count). The van der Waals surface area contributed by atoms with Gasteiger partial charge in [-0.1, -0.05) is 24.4 Å². The van der Waals surface area contributed by atoms with E-state index in [2.05, 4.69) is 0 Å². The topological polar surface area (TPSA) is 57.7 Å². The van der Waals surface area contributed by atoms with Crippen molar-refractivity contribution in [2.45, 2.75) is 62.8 Å². The van der Waals surface area contributed by atoms with Crippen LogP contribution < -0.4 is 0 Å². The van der Waals surface area contributed by atoms with Crippen LogP contribution in [-0.4, -0.2) is 49.2 Å². The Labute approximate surface area is 161 Å². The van der Waals surface area contributed by atoms with Crippen LogP contribution in [0.1, 0.15) is 62.2 Å². The lowest BCUT2D eigenvalue weighted by atomic mass is 10.0. The van der Waals surface area contributed by atoms with E-state index in [-0.39, 0.29) is 21.9 Å². The van der Waals surface area contributed by atoms with Crippen LogP contribution in [0.3, 0.4) is 0 Å². The summed E-state index contributed by atoms with van der Waals surface area (Å²) in [6.45, 7) is 3.79. The molecule has 1 amide bonds. The number of rotatable bonds is 3. The van der Waals surface area contributed by atoms with Gasteiger partial charge in [-0.15, -0.1) is 0 Å². The Morgan fingerprint density at radius 3 is 2.35 bits per heavy atom. The lowest BCUT2D eigenvalue weighted by molar-refractivity contribution is 0.0635. The third-order valence-corrected chi connectivity index (χ3v) is 7.81. The maximum absolute atomic E-state index is 13.1. The van der Waals surface area contributed by atoms with Crippen LogP contribution in [0.15, 0.2) is 23.1 Å². The summed E-state index contributed by atoms with van der Waals surface area (Å²) in [5, 5.41) is 0.178. The van der Waals surface area contributed by atoms with E-state index >= 15 is 0 Å². The summed E-state index contributed by atoms with van der Waals surface area (Å²) in [4.78, 5) is 14.8. The molecule has 1 atom stereocenters. The molecule has 5 nitrogen and oxygen atoms in total. The van der Waals surface area contributed by atoms with Crippen molar-refractivity contribution in [3.63, 3.8) is 0 Å². The molecule has 7 heteroatoms. The van der Waals surface area contributed by atoms with E-state index in [9.17, 15) is 13.2 Å². The van der Waals surface area contributed by atoms with Crippen LogP contribution >= 0.6 is 11.6 Å². The van der Waals surface area contributed by atoms with Crippen LogP contribution in [0, 0.1) is 0 Å². The number of carbonyl (C=O) groups excluding carboxylic acids is 1. The summed E-state index contributed by atoms with van der Waals surface area (Å²) < 4.78 is 27.7. The Morgan fingerprint density at radius 2 is 1.69 bits per heavy atom. The number of nitrogens with zero attached hydrogens (tertiary/aromatic N) is 2. The molecule has 0 spiro atoms. The summed E-state index contributed by atoms with van der Waals surface area (Å²) in [7, 11) is -3.69. The van der Waals surface area contributed by atoms with Gasteiger partial charge in [0.25, 0.3) is 5.91 Å². The first-order chi connectivity index (χ1) is 12.4. The van der Waals surface area contributed by atoms with Crippen molar-refractivity contribution in [3.05, 3.63) is 28.8 Å². The molecule has 0 aromatic heterocycles. The number of hydrogen-bond donors (Lipinski definition) is 0. The van der Waals surface area contributed by atoms with Crippen molar-refractivity contribution in [3.8, 4) is 0 Å². The van der Waals surface area contributed by atoms with Crippen molar-refractivity contribution in [2.75, 3.05) is 19.6 Å². The predicted molar refractivity (Wildman–Crippen MR) is 103 cm³/mol. The van der Waals surface area contributed by atoms with Gasteiger partial charge in [0.15, 0.2) is 0 Å². The second-order valence-electron chi connectivity index (χ2n) is 7.31. The van der Waals surface area contributed by atoms with Gasteiger partial charge in [0, 0.05) is 31.2 Å². The van der Waals surface area contributed by atoms with E-state index in [1.807, 2.05) is 11.8 Å².